The molecule has 0 saturated carbocycles. The molecule has 0 aliphatic carbocycles. The van der Waals surface area contributed by atoms with Crippen molar-refractivity contribution in [2.45, 2.75) is 25.8 Å². The van der Waals surface area contributed by atoms with Gasteiger partial charge in [-0.2, -0.15) is 0 Å². The van der Waals surface area contributed by atoms with Crippen molar-refractivity contribution in [1.29, 1.82) is 0 Å². The van der Waals surface area contributed by atoms with Gasteiger partial charge in [0.2, 0.25) is 11.8 Å². The van der Waals surface area contributed by atoms with Crippen LogP contribution in [0.25, 0.3) is 0 Å². The minimum absolute atomic E-state index is 0.0355. The smallest absolute Gasteiger partial charge is 0.222 e. The lowest BCUT2D eigenvalue weighted by Gasteiger charge is -2.35. The number of piperazine rings is 1. The average Bonchev–Trinajstić information content (AvgIpc) is 2.74. The quantitative estimate of drug-likeness (QED) is 0.804. The van der Waals surface area contributed by atoms with Gasteiger partial charge in [0.15, 0.2) is 0 Å². The first-order valence-corrected chi connectivity index (χ1v) is 9.32. The third-order valence-corrected chi connectivity index (χ3v) is 4.61. The van der Waals surface area contributed by atoms with E-state index in [1.54, 1.807) is 18.6 Å². The number of rotatable bonds is 7. The Morgan fingerprint density at radius 3 is 2.56 bits per heavy atom. The van der Waals surface area contributed by atoms with Gasteiger partial charge in [-0.3, -0.25) is 14.6 Å². The number of anilines is 1. The minimum atomic E-state index is -0.0355. The van der Waals surface area contributed by atoms with Crippen LogP contribution in [0.3, 0.4) is 0 Å². The maximum absolute atomic E-state index is 12.4. The van der Waals surface area contributed by atoms with Crippen LogP contribution in [-0.4, -0.2) is 52.9 Å². The van der Waals surface area contributed by atoms with Gasteiger partial charge in [0.05, 0.1) is 0 Å². The number of carbonyl (C=O) groups excluding carboxylic acids is 2. The van der Waals surface area contributed by atoms with E-state index in [1.165, 1.54) is 0 Å². The van der Waals surface area contributed by atoms with E-state index >= 15 is 0 Å². The molecule has 0 unspecified atom stereocenters. The summed E-state index contributed by atoms with van der Waals surface area (Å²) in [5.74, 6) is 1.04. The Labute approximate surface area is 159 Å². The predicted octanol–water partition coefficient (Wildman–Crippen LogP) is 1.61. The van der Waals surface area contributed by atoms with E-state index < -0.39 is 0 Å². The molecule has 27 heavy (non-hydrogen) atoms. The molecule has 1 aliphatic rings. The molecular formula is C20H25N5O2. The van der Waals surface area contributed by atoms with E-state index in [0.717, 1.165) is 24.5 Å². The van der Waals surface area contributed by atoms with E-state index in [2.05, 4.69) is 20.2 Å². The number of hydrogen-bond acceptors (Lipinski definition) is 5. The number of aromatic nitrogens is 2. The van der Waals surface area contributed by atoms with Gasteiger partial charge in [-0.15, -0.1) is 0 Å². The normalized spacial score (nSPS) is 14.1. The highest BCUT2D eigenvalue weighted by atomic mass is 16.2. The molecule has 7 nitrogen and oxygen atoms in total. The standard InChI is InChI=1S/C20H25N5O2/c26-19(23-16-17-5-4-9-21-15-17)7-3-8-20(27)25-13-11-24(12-14-25)18-6-1-2-10-22-18/h1-2,4-6,9-10,15H,3,7-8,11-14,16H2,(H,23,26). The summed E-state index contributed by atoms with van der Waals surface area (Å²) in [6.45, 7) is 3.43. The number of amides is 2. The van der Waals surface area contributed by atoms with Crippen LogP contribution in [-0.2, 0) is 16.1 Å². The molecule has 0 atom stereocenters. The van der Waals surface area contributed by atoms with E-state index in [4.69, 9.17) is 0 Å². The summed E-state index contributed by atoms with van der Waals surface area (Å²) in [4.78, 5) is 36.7. The van der Waals surface area contributed by atoms with Crippen molar-refractivity contribution in [3.05, 3.63) is 54.5 Å². The monoisotopic (exact) mass is 367 g/mol. The molecule has 2 aromatic rings. The average molecular weight is 367 g/mol. The second-order valence-electron chi connectivity index (χ2n) is 6.55. The SMILES string of the molecule is O=C(CCCC(=O)N1CCN(c2ccccn2)CC1)NCc1cccnc1. The molecule has 0 radical (unpaired) electrons. The summed E-state index contributed by atoms with van der Waals surface area (Å²) in [5, 5.41) is 2.86. The van der Waals surface area contributed by atoms with Crippen LogP contribution in [0.2, 0.25) is 0 Å². The Hall–Kier alpha value is -2.96. The Morgan fingerprint density at radius 2 is 1.85 bits per heavy atom. The Bertz CT molecular complexity index is 731. The van der Waals surface area contributed by atoms with Crippen LogP contribution >= 0.6 is 0 Å². The van der Waals surface area contributed by atoms with Gasteiger partial charge in [0.25, 0.3) is 0 Å². The molecule has 3 rings (SSSR count). The molecule has 1 saturated heterocycles. The lowest BCUT2D eigenvalue weighted by Crippen LogP contribution is -2.49. The van der Waals surface area contributed by atoms with Gasteiger partial charge < -0.3 is 15.1 Å². The lowest BCUT2D eigenvalue weighted by molar-refractivity contribution is -0.131. The van der Waals surface area contributed by atoms with Crippen molar-refractivity contribution in [2.75, 3.05) is 31.1 Å². The number of pyridine rings is 2. The fourth-order valence-electron chi connectivity index (χ4n) is 3.08. The van der Waals surface area contributed by atoms with Crippen molar-refractivity contribution in [1.82, 2.24) is 20.2 Å². The van der Waals surface area contributed by atoms with Crippen LogP contribution < -0.4 is 10.2 Å². The van der Waals surface area contributed by atoms with Crippen molar-refractivity contribution in [3.8, 4) is 0 Å². The number of nitrogens with zero attached hydrogens (tertiary/aromatic N) is 4. The zero-order valence-electron chi connectivity index (χ0n) is 15.4. The molecule has 0 aromatic carbocycles. The molecule has 3 heterocycles. The highest BCUT2D eigenvalue weighted by molar-refractivity contribution is 5.79. The largest absolute Gasteiger partial charge is 0.353 e. The Morgan fingerprint density at radius 1 is 1.00 bits per heavy atom. The van der Waals surface area contributed by atoms with Gasteiger partial charge in [-0.05, 0) is 30.2 Å². The minimum Gasteiger partial charge on any atom is -0.353 e. The summed E-state index contributed by atoms with van der Waals surface area (Å²) in [6.07, 6.45) is 6.55. The first-order chi connectivity index (χ1) is 13.2. The van der Waals surface area contributed by atoms with E-state index in [0.29, 0.717) is 38.9 Å². The fourth-order valence-corrected chi connectivity index (χ4v) is 3.08. The summed E-state index contributed by atoms with van der Waals surface area (Å²) in [5.41, 5.74) is 0.965. The third-order valence-electron chi connectivity index (χ3n) is 4.61. The second-order valence-corrected chi connectivity index (χ2v) is 6.55. The highest BCUT2D eigenvalue weighted by Crippen LogP contribution is 2.13. The molecule has 0 bridgehead atoms. The van der Waals surface area contributed by atoms with Crippen LogP contribution in [0, 0.1) is 0 Å². The topological polar surface area (TPSA) is 78.4 Å². The molecule has 142 valence electrons. The third kappa shape index (κ3) is 5.77. The molecule has 1 N–H and O–H groups in total. The molecule has 2 aromatic heterocycles. The zero-order valence-corrected chi connectivity index (χ0v) is 15.4. The number of hydrogen-bond donors (Lipinski definition) is 1. The van der Waals surface area contributed by atoms with Crippen molar-refractivity contribution < 1.29 is 9.59 Å². The second kappa shape index (κ2) is 9.66. The van der Waals surface area contributed by atoms with Crippen molar-refractivity contribution in [3.63, 3.8) is 0 Å². The van der Waals surface area contributed by atoms with Crippen molar-refractivity contribution >= 4 is 17.6 Å². The lowest BCUT2D eigenvalue weighted by atomic mass is 10.2. The first-order valence-electron chi connectivity index (χ1n) is 9.32. The predicted molar refractivity (Wildman–Crippen MR) is 103 cm³/mol. The van der Waals surface area contributed by atoms with E-state index in [9.17, 15) is 9.59 Å². The van der Waals surface area contributed by atoms with Crippen molar-refractivity contribution in [2.24, 2.45) is 0 Å². The molecule has 2 amide bonds. The van der Waals surface area contributed by atoms with Gasteiger partial charge in [-0.1, -0.05) is 12.1 Å². The van der Waals surface area contributed by atoms with E-state index in [-0.39, 0.29) is 11.8 Å². The van der Waals surface area contributed by atoms with Crippen LogP contribution in [0.15, 0.2) is 48.9 Å². The summed E-state index contributed by atoms with van der Waals surface area (Å²) >= 11 is 0. The highest BCUT2D eigenvalue weighted by Gasteiger charge is 2.21. The van der Waals surface area contributed by atoms with Gasteiger partial charge in [0.1, 0.15) is 5.82 Å². The first kappa shape index (κ1) is 18.8. The Balaban J connectivity index is 1.32. The fraction of sp³-hybridized carbons (Fsp3) is 0.400. The molecule has 7 heteroatoms. The van der Waals surface area contributed by atoms with Crippen LogP contribution in [0.1, 0.15) is 24.8 Å². The molecule has 0 spiro atoms. The Kier molecular flexibility index (Phi) is 6.73. The van der Waals surface area contributed by atoms with Crippen LogP contribution in [0.5, 0.6) is 0 Å². The van der Waals surface area contributed by atoms with E-state index in [1.807, 2.05) is 35.2 Å². The summed E-state index contributed by atoms with van der Waals surface area (Å²) in [6, 6.07) is 9.62. The van der Waals surface area contributed by atoms with Crippen LogP contribution in [0.4, 0.5) is 5.82 Å². The number of nitrogens with one attached hydrogen (secondary N) is 1. The zero-order chi connectivity index (χ0) is 18.9. The van der Waals surface area contributed by atoms with Gasteiger partial charge in [-0.25, -0.2) is 4.98 Å². The summed E-state index contributed by atoms with van der Waals surface area (Å²) in [7, 11) is 0. The van der Waals surface area contributed by atoms with Gasteiger partial charge >= 0.3 is 0 Å². The molecule has 1 fully saturated rings. The molecular weight excluding hydrogens is 342 g/mol. The maximum Gasteiger partial charge on any atom is 0.222 e. The maximum atomic E-state index is 12.4. The van der Waals surface area contributed by atoms with Gasteiger partial charge in [0, 0.05) is 64.2 Å². The summed E-state index contributed by atoms with van der Waals surface area (Å²) < 4.78 is 0. The number of carbonyl (C=O) groups is 2. The molecule has 1 aliphatic heterocycles.